The number of halogens is 1. The smallest absolute Gasteiger partial charge is 0.113 e. The van der Waals surface area contributed by atoms with Crippen molar-refractivity contribution in [3.05, 3.63) is 68.9 Å². The lowest BCUT2D eigenvalue weighted by atomic mass is 10.1. The number of fused-ring (bicyclic) bond motifs is 1. The maximum atomic E-state index is 9.06. The number of nitrogen functional groups attached to an aromatic ring is 1. The van der Waals surface area contributed by atoms with E-state index in [0.29, 0.717) is 26.3 Å². The minimum Gasteiger partial charge on any atom is -0.397 e. The molecule has 0 amide bonds. The largest absolute Gasteiger partial charge is 0.397 e. The molecule has 3 rings (SSSR count). The van der Waals surface area contributed by atoms with E-state index in [1.165, 1.54) is 0 Å². The Morgan fingerprint density at radius 2 is 1.87 bits per heavy atom. The predicted molar refractivity (Wildman–Crippen MR) is 98.6 cm³/mol. The van der Waals surface area contributed by atoms with Crippen molar-refractivity contribution in [1.29, 1.82) is 5.26 Å². The number of H-pyrrole nitrogens is 1. The minimum atomic E-state index is 0.416. The number of aromatic nitrogens is 1. The van der Waals surface area contributed by atoms with Gasteiger partial charge in [-0.2, -0.15) is 5.26 Å². The lowest BCUT2D eigenvalue weighted by Gasteiger charge is -2.06. The molecule has 1 aromatic heterocycles. The summed E-state index contributed by atoms with van der Waals surface area (Å²) in [5, 5.41) is 11.4. The number of rotatable bonds is 2. The molecule has 3 aromatic rings. The van der Waals surface area contributed by atoms with Crippen molar-refractivity contribution in [1.82, 2.24) is 4.98 Å². The van der Waals surface area contributed by atoms with Crippen molar-refractivity contribution in [3.8, 4) is 6.07 Å². The normalized spacial score (nSPS) is 11.0. The molecule has 1 heterocycles. The van der Waals surface area contributed by atoms with Gasteiger partial charge in [0.25, 0.3) is 0 Å². The number of hydrogen-bond donors (Lipinski definition) is 2. The maximum absolute atomic E-state index is 9.06. The number of benzene rings is 2. The number of aromatic amines is 1. The number of nitrogens with zero attached hydrogens (tertiary/aromatic N) is 1. The zero-order valence-electron chi connectivity index (χ0n) is 12.0. The van der Waals surface area contributed by atoms with Gasteiger partial charge in [0.2, 0.25) is 0 Å². The zero-order chi connectivity index (χ0) is 16.4. The predicted octanol–water partition coefficient (Wildman–Crippen LogP) is 5.18. The van der Waals surface area contributed by atoms with E-state index < -0.39 is 0 Å². The monoisotopic (exact) mass is 337 g/mol. The highest BCUT2D eigenvalue weighted by Gasteiger charge is 2.06. The number of hydrogen-bond acceptors (Lipinski definition) is 3. The second-order valence-electron chi connectivity index (χ2n) is 5.04. The second kappa shape index (κ2) is 6.25. The Labute approximate surface area is 143 Å². The molecule has 0 saturated carbocycles. The van der Waals surface area contributed by atoms with Gasteiger partial charge in [0.1, 0.15) is 10.7 Å². The molecule has 0 aliphatic carbocycles. The van der Waals surface area contributed by atoms with Crippen LogP contribution >= 0.6 is 23.8 Å². The van der Waals surface area contributed by atoms with Gasteiger partial charge in [0, 0.05) is 16.1 Å². The number of nitriles is 1. The van der Waals surface area contributed by atoms with Gasteiger partial charge in [-0.05, 0) is 41.3 Å². The summed E-state index contributed by atoms with van der Waals surface area (Å²) in [7, 11) is 0. The third kappa shape index (κ3) is 3.11. The van der Waals surface area contributed by atoms with E-state index in [0.717, 1.165) is 16.6 Å². The summed E-state index contributed by atoms with van der Waals surface area (Å²) in [4.78, 5) is 3.14. The molecule has 0 aliphatic heterocycles. The molecule has 0 bridgehead atoms. The van der Waals surface area contributed by atoms with Crippen LogP contribution in [0.1, 0.15) is 16.8 Å². The fourth-order valence-corrected chi connectivity index (χ4v) is 2.83. The molecule has 23 heavy (non-hydrogen) atoms. The van der Waals surface area contributed by atoms with Gasteiger partial charge in [0.05, 0.1) is 11.3 Å². The van der Waals surface area contributed by atoms with Crippen LogP contribution in [0.3, 0.4) is 0 Å². The first-order valence-electron chi connectivity index (χ1n) is 6.88. The summed E-state index contributed by atoms with van der Waals surface area (Å²) in [5.41, 5.74) is 8.77. The van der Waals surface area contributed by atoms with Gasteiger partial charge in [0.15, 0.2) is 0 Å². The topological polar surface area (TPSA) is 65.6 Å². The summed E-state index contributed by atoms with van der Waals surface area (Å²) in [6.45, 7) is 0. The third-order valence-electron chi connectivity index (χ3n) is 3.52. The Kier molecular flexibility index (Phi) is 4.16. The van der Waals surface area contributed by atoms with E-state index in [1.807, 2.05) is 48.6 Å². The number of anilines is 1. The fourth-order valence-electron chi connectivity index (χ4n) is 2.35. The van der Waals surface area contributed by atoms with Gasteiger partial charge >= 0.3 is 0 Å². The number of nitrogens with two attached hydrogens (primary N) is 1. The van der Waals surface area contributed by atoms with Crippen LogP contribution < -0.4 is 5.73 Å². The summed E-state index contributed by atoms with van der Waals surface area (Å²) in [5.74, 6) is 0. The highest BCUT2D eigenvalue weighted by molar-refractivity contribution is 7.71. The molecule has 0 unspecified atom stereocenters. The van der Waals surface area contributed by atoms with Crippen LogP contribution in [0.15, 0.2) is 42.5 Å². The fraction of sp³-hybridized carbons (Fsp3) is 0. The number of nitrogens with one attached hydrogen (secondary N) is 1. The lowest BCUT2D eigenvalue weighted by molar-refractivity contribution is 1.30. The van der Waals surface area contributed by atoms with Gasteiger partial charge in [-0.25, -0.2) is 0 Å². The Balaban J connectivity index is 2.05. The SMILES string of the molecule is N#Cc1ccc2cc(/C=C/c3ccc(Cl)cc3)[nH]c(=S)c2c1N. The molecule has 112 valence electrons. The summed E-state index contributed by atoms with van der Waals surface area (Å²) >= 11 is 11.3. The van der Waals surface area contributed by atoms with Crippen LogP contribution in [0, 0.1) is 16.0 Å². The van der Waals surface area contributed by atoms with Gasteiger partial charge in [-0.3, -0.25) is 0 Å². The Morgan fingerprint density at radius 3 is 2.57 bits per heavy atom. The van der Waals surface area contributed by atoms with E-state index in [2.05, 4.69) is 11.1 Å². The highest BCUT2D eigenvalue weighted by atomic mass is 35.5. The second-order valence-corrected chi connectivity index (χ2v) is 5.89. The molecule has 0 aliphatic rings. The first kappa shape index (κ1) is 15.3. The summed E-state index contributed by atoms with van der Waals surface area (Å²) < 4.78 is 0.521. The van der Waals surface area contributed by atoms with E-state index in [9.17, 15) is 0 Å². The van der Waals surface area contributed by atoms with Gasteiger partial charge < -0.3 is 10.7 Å². The van der Waals surface area contributed by atoms with E-state index >= 15 is 0 Å². The molecule has 0 fully saturated rings. The zero-order valence-corrected chi connectivity index (χ0v) is 13.6. The van der Waals surface area contributed by atoms with Crippen LogP contribution in [0.5, 0.6) is 0 Å². The summed E-state index contributed by atoms with van der Waals surface area (Å²) in [6, 6.07) is 15.1. The molecule has 3 N–H and O–H groups in total. The molecule has 0 radical (unpaired) electrons. The van der Waals surface area contributed by atoms with Crippen LogP contribution in [0.4, 0.5) is 5.69 Å². The van der Waals surface area contributed by atoms with Crippen LogP contribution in [0.2, 0.25) is 5.02 Å². The minimum absolute atomic E-state index is 0.416. The first-order chi connectivity index (χ1) is 11.1. The quantitative estimate of drug-likeness (QED) is 0.500. The molecule has 0 spiro atoms. The van der Waals surface area contributed by atoms with Crippen molar-refractivity contribution in [2.75, 3.05) is 5.73 Å². The van der Waals surface area contributed by atoms with E-state index in [4.69, 9.17) is 34.8 Å². The maximum Gasteiger partial charge on any atom is 0.113 e. The molecular formula is C18H12ClN3S. The van der Waals surface area contributed by atoms with Crippen molar-refractivity contribution < 1.29 is 0 Å². The van der Waals surface area contributed by atoms with Crippen molar-refractivity contribution in [3.63, 3.8) is 0 Å². The van der Waals surface area contributed by atoms with Crippen LogP contribution in [-0.2, 0) is 0 Å². The average Bonchev–Trinajstić information content (AvgIpc) is 2.54. The molecule has 0 atom stereocenters. The standard InChI is InChI=1S/C18H12ClN3S/c19-14-6-1-11(2-7-14)3-8-15-9-12-4-5-13(10-20)17(21)16(12)18(23)22-15/h1-9H,21H2,(H,22,23)/b8-3+. The first-order valence-corrected chi connectivity index (χ1v) is 7.66. The van der Waals surface area contributed by atoms with E-state index in [-0.39, 0.29) is 0 Å². The summed E-state index contributed by atoms with van der Waals surface area (Å²) in [6.07, 6.45) is 3.91. The van der Waals surface area contributed by atoms with Crippen molar-refractivity contribution >= 4 is 52.4 Å². The Hall–Kier alpha value is -2.61. The average molecular weight is 338 g/mol. The van der Waals surface area contributed by atoms with Crippen LogP contribution in [0.25, 0.3) is 22.9 Å². The van der Waals surface area contributed by atoms with E-state index in [1.54, 1.807) is 6.07 Å². The van der Waals surface area contributed by atoms with Crippen molar-refractivity contribution in [2.45, 2.75) is 0 Å². The molecule has 2 aromatic carbocycles. The Bertz CT molecular complexity index is 1010. The van der Waals surface area contributed by atoms with Gasteiger partial charge in [-0.15, -0.1) is 0 Å². The molecule has 3 nitrogen and oxygen atoms in total. The highest BCUT2D eigenvalue weighted by Crippen LogP contribution is 2.26. The van der Waals surface area contributed by atoms with Gasteiger partial charge in [-0.1, -0.05) is 48.1 Å². The third-order valence-corrected chi connectivity index (χ3v) is 4.08. The molecular weight excluding hydrogens is 326 g/mol. The molecule has 0 saturated heterocycles. The van der Waals surface area contributed by atoms with Crippen molar-refractivity contribution in [2.24, 2.45) is 0 Å². The molecule has 5 heteroatoms. The van der Waals surface area contributed by atoms with Crippen LogP contribution in [-0.4, -0.2) is 4.98 Å². The number of pyridine rings is 1. The Morgan fingerprint density at radius 1 is 1.13 bits per heavy atom. The lowest BCUT2D eigenvalue weighted by Crippen LogP contribution is -1.94.